The minimum absolute atomic E-state index is 0.397. The van der Waals surface area contributed by atoms with Crippen molar-refractivity contribution in [3.8, 4) is 0 Å². The first kappa shape index (κ1) is 14.8. The number of hydrogen-bond acceptors (Lipinski definition) is 3. The van der Waals surface area contributed by atoms with Gasteiger partial charge in [-0.2, -0.15) is 0 Å². The predicted octanol–water partition coefficient (Wildman–Crippen LogP) is 2.11. The van der Waals surface area contributed by atoms with Gasteiger partial charge in [-0.25, -0.2) is 4.79 Å². The van der Waals surface area contributed by atoms with Crippen LogP contribution in [0.4, 0.5) is 0 Å². The monoisotopic (exact) mass is 283 g/mol. The van der Waals surface area contributed by atoms with E-state index in [-0.39, 0.29) is 0 Å². The largest absolute Gasteiger partial charge is 0.452 e. The average Bonchev–Trinajstić information content (AvgIpc) is 2.52. The van der Waals surface area contributed by atoms with Crippen molar-refractivity contribution >= 4 is 11.9 Å². The fraction of sp³-hybridized carbons (Fsp3) is 0.176. The van der Waals surface area contributed by atoms with E-state index in [1.54, 1.807) is 12.1 Å². The van der Waals surface area contributed by atoms with Crippen molar-refractivity contribution in [1.82, 2.24) is 0 Å². The zero-order valence-corrected chi connectivity index (χ0v) is 11.6. The molecule has 0 atom stereocenters. The summed E-state index contributed by atoms with van der Waals surface area (Å²) < 4.78 is 4.87. The molecule has 4 heteroatoms. The molecule has 0 saturated heterocycles. The molecule has 2 N–H and O–H groups in total. The third kappa shape index (κ3) is 4.45. The van der Waals surface area contributed by atoms with Crippen LogP contribution in [0.1, 0.15) is 21.5 Å². The fourth-order valence-corrected chi connectivity index (χ4v) is 2.08. The van der Waals surface area contributed by atoms with Gasteiger partial charge in [-0.05, 0) is 30.0 Å². The topological polar surface area (TPSA) is 69.4 Å². The number of ether oxygens (including phenoxy) is 1. The number of amides is 1. The summed E-state index contributed by atoms with van der Waals surface area (Å²) in [4.78, 5) is 22.6. The maximum atomic E-state index is 12.0. The number of carbonyl (C=O) groups excluding carboxylic acids is 2. The summed E-state index contributed by atoms with van der Waals surface area (Å²) in [7, 11) is 0. The zero-order chi connectivity index (χ0) is 15.1. The molecule has 2 aromatic rings. The van der Waals surface area contributed by atoms with Crippen molar-refractivity contribution in [2.75, 3.05) is 6.61 Å². The molecule has 0 bridgehead atoms. The number of aryl methyl sites for hydroxylation is 2. The lowest BCUT2D eigenvalue weighted by Gasteiger charge is -2.09. The van der Waals surface area contributed by atoms with Crippen LogP contribution in [0.25, 0.3) is 0 Å². The van der Waals surface area contributed by atoms with Crippen LogP contribution in [0, 0.1) is 0 Å². The highest BCUT2D eigenvalue weighted by atomic mass is 16.5. The lowest BCUT2D eigenvalue weighted by atomic mass is 10.00. The summed E-state index contributed by atoms with van der Waals surface area (Å²) in [6.45, 7) is -0.397. The molecule has 0 aliphatic rings. The van der Waals surface area contributed by atoms with E-state index in [2.05, 4.69) is 0 Å². The third-order valence-electron chi connectivity index (χ3n) is 3.11. The Kier molecular flexibility index (Phi) is 5.10. The maximum Gasteiger partial charge on any atom is 0.338 e. The van der Waals surface area contributed by atoms with Crippen molar-refractivity contribution in [2.24, 2.45) is 5.73 Å². The van der Waals surface area contributed by atoms with Gasteiger partial charge in [0.2, 0.25) is 0 Å². The van der Waals surface area contributed by atoms with E-state index in [0.717, 1.165) is 18.4 Å². The van der Waals surface area contributed by atoms with Gasteiger partial charge in [-0.3, -0.25) is 4.79 Å². The molecular weight excluding hydrogens is 266 g/mol. The van der Waals surface area contributed by atoms with Crippen molar-refractivity contribution in [3.63, 3.8) is 0 Å². The second kappa shape index (κ2) is 7.24. The molecule has 0 heterocycles. The second-order valence-electron chi connectivity index (χ2n) is 4.69. The molecule has 0 radical (unpaired) electrons. The van der Waals surface area contributed by atoms with E-state index in [4.69, 9.17) is 10.5 Å². The summed E-state index contributed by atoms with van der Waals surface area (Å²) in [5.74, 6) is -1.18. The van der Waals surface area contributed by atoms with Gasteiger partial charge in [0.1, 0.15) is 0 Å². The first-order valence-electron chi connectivity index (χ1n) is 6.74. The van der Waals surface area contributed by atoms with Crippen molar-refractivity contribution in [1.29, 1.82) is 0 Å². The molecule has 0 aliphatic carbocycles. The lowest BCUT2D eigenvalue weighted by Crippen LogP contribution is -2.21. The number of hydrogen-bond donors (Lipinski definition) is 1. The molecule has 0 aliphatic heterocycles. The quantitative estimate of drug-likeness (QED) is 0.825. The molecular formula is C17H17NO3. The summed E-state index contributed by atoms with van der Waals surface area (Å²) in [5, 5.41) is 0. The Bertz CT molecular complexity index is 623. The number of nitrogens with two attached hydrogens (primary N) is 1. The Morgan fingerprint density at radius 3 is 2.29 bits per heavy atom. The van der Waals surface area contributed by atoms with E-state index in [1.807, 2.05) is 42.5 Å². The van der Waals surface area contributed by atoms with Gasteiger partial charge in [-0.15, -0.1) is 0 Å². The van der Waals surface area contributed by atoms with Crippen LogP contribution in [0.5, 0.6) is 0 Å². The van der Waals surface area contributed by atoms with Crippen LogP contribution in [-0.4, -0.2) is 18.5 Å². The highest BCUT2D eigenvalue weighted by molar-refractivity contribution is 5.92. The zero-order valence-electron chi connectivity index (χ0n) is 11.6. The fourth-order valence-electron chi connectivity index (χ4n) is 2.08. The molecule has 0 fully saturated rings. The summed E-state index contributed by atoms with van der Waals surface area (Å²) in [6, 6.07) is 17.3. The van der Waals surface area contributed by atoms with Gasteiger partial charge < -0.3 is 10.5 Å². The molecule has 0 spiro atoms. The molecule has 2 rings (SSSR count). The van der Waals surface area contributed by atoms with Crippen molar-refractivity contribution in [2.45, 2.75) is 12.8 Å². The Morgan fingerprint density at radius 1 is 0.905 bits per heavy atom. The standard InChI is InChI=1S/C17H17NO3/c18-16(19)12-21-17(20)15-9-5-4-8-14(15)11-10-13-6-2-1-3-7-13/h1-9H,10-12H2,(H2,18,19). The molecule has 2 aromatic carbocycles. The summed E-state index contributed by atoms with van der Waals surface area (Å²) in [5.41, 5.74) is 7.56. The van der Waals surface area contributed by atoms with Gasteiger partial charge in [0.15, 0.2) is 6.61 Å². The second-order valence-corrected chi connectivity index (χ2v) is 4.69. The minimum Gasteiger partial charge on any atom is -0.452 e. The van der Waals surface area contributed by atoms with Crippen LogP contribution in [-0.2, 0) is 22.4 Å². The Hall–Kier alpha value is -2.62. The number of primary amides is 1. The Balaban J connectivity index is 2.06. The van der Waals surface area contributed by atoms with Crippen LogP contribution >= 0.6 is 0 Å². The molecule has 21 heavy (non-hydrogen) atoms. The smallest absolute Gasteiger partial charge is 0.338 e. The predicted molar refractivity (Wildman–Crippen MR) is 79.8 cm³/mol. The van der Waals surface area contributed by atoms with Crippen LogP contribution in [0.15, 0.2) is 54.6 Å². The average molecular weight is 283 g/mol. The van der Waals surface area contributed by atoms with Gasteiger partial charge in [0.05, 0.1) is 5.56 Å². The maximum absolute atomic E-state index is 12.0. The number of benzene rings is 2. The van der Waals surface area contributed by atoms with Crippen molar-refractivity contribution in [3.05, 3.63) is 71.3 Å². The van der Waals surface area contributed by atoms with Gasteiger partial charge in [-0.1, -0.05) is 48.5 Å². The molecule has 4 nitrogen and oxygen atoms in total. The first-order valence-corrected chi connectivity index (χ1v) is 6.74. The van der Waals surface area contributed by atoms with E-state index in [9.17, 15) is 9.59 Å². The SMILES string of the molecule is NC(=O)COC(=O)c1ccccc1CCc1ccccc1. The highest BCUT2D eigenvalue weighted by Gasteiger charge is 2.13. The van der Waals surface area contributed by atoms with Gasteiger partial charge in [0, 0.05) is 0 Å². The number of esters is 1. The summed E-state index contributed by atoms with van der Waals surface area (Å²) >= 11 is 0. The van der Waals surface area contributed by atoms with Crippen LogP contribution in [0.3, 0.4) is 0 Å². The first-order chi connectivity index (χ1) is 10.2. The van der Waals surface area contributed by atoms with Crippen LogP contribution < -0.4 is 5.73 Å². The van der Waals surface area contributed by atoms with E-state index in [0.29, 0.717) is 5.56 Å². The molecule has 0 saturated carbocycles. The third-order valence-corrected chi connectivity index (χ3v) is 3.11. The lowest BCUT2D eigenvalue weighted by molar-refractivity contribution is -0.121. The van der Waals surface area contributed by atoms with Gasteiger partial charge in [0.25, 0.3) is 5.91 Å². The Labute approximate surface area is 123 Å². The molecule has 0 unspecified atom stereocenters. The van der Waals surface area contributed by atoms with E-state index >= 15 is 0 Å². The van der Waals surface area contributed by atoms with E-state index in [1.165, 1.54) is 5.56 Å². The Morgan fingerprint density at radius 2 is 1.57 bits per heavy atom. The number of rotatable bonds is 6. The van der Waals surface area contributed by atoms with Gasteiger partial charge >= 0.3 is 5.97 Å². The molecule has 108 valence electrons. The highest BCUT2D eigenvalue weighted by Crippen LogP contribution is 2.14. The normalized spacial score (nSPS) is 10.1. The van der Waals surface area contributed by atoms with Crippen LogP contribution in [0.2, 0.25) is 0 Å². The summed E-state index contributed by atoms with van der Waals surface area (Å²) in [6.07, 6.45) is 1.56. The number of carbonyl (C=O) groups is 2. The van der Waals surface area contributed by atoms with E-state index < -0.39 is 18.5 Å². The van der Waals surface area contributed by atoms with Crippen molar-refractivity contribution < 1.29 is 14.3 Å². The molecule has 0 aromatic heterocycles. The minimum atomic E-state index is -0.662. The molecule has 1 amide bonds.